The Hall–Kier alpha value is -2.45. The van der Waals surface area contributed by atoms with E-state index in [1.165, 1.54) is 11.3 Å². The Morgan fingerprint density at radius 2 is 1.93 bits per heavy atom. The van der Waals surface area contributed by atoms with Crippen LogP contribution >= 0.6 is 11.3 Å². The number of ether oxygens (including phenoxy) is 1. The summed E-state index contributed by atoms with van der Waals surface area (Å²) in [7, 11) is 5.10. The summed E-state index contributed by atoms with van der Waals surface area (Å²) in [6.45, 7) is 5.49. The molecule has 28 heavy (non-hydrogen) atoms. The van der Waals surface area contributed by atoms with Crippen LogP contribution in [0.25, 0.3) is 0 Å². The second-order valence-corrected chi connectivity index (χ2v) is 8.11. The molecule has 0 radical (unpaired) electrons. The Balaban J connectivity index is 1.58. The summed E-state index contributed by atoms with van der Waals surface area (Å²) in [4.78, 5) is 35.9. The van der Waals surface area contributed by atoms with Crippen molar-refractivity contribution in [3.63, 3.8) is 0 Å². The van der Waals surface area contributed by atoms with E-state index in [0.29, 0.717) is 35.8 Å². The largest absolute Gasteiger partial charge is 0.497 e. The molecule has 0 saturated carbocycles. The number of carbonyl (C=O) groups excluding carboxylic acids is 2. The molecule has 1 fully saturated rings. The molecule has 2 heterocycles. The Morgan fingerprint density at radius 1 is 1.21 bits per heavy atom. The lowest BCUT2D eigenvalue weighted by atomic mass is 10.1. The van der Waals surface area contributed by atoms with Gasteiger partial charge in [0.2, 0.25) is 0 Å². The highest BCUT2D eigenvalue weighted by Gasteiger charge is 2.24. The van der Waals surface area contributed by atoms with Gasteiger partial charge in [0.25, 0.3) is 11.8 Å². The predicted octanol–water partition coefficient (Wildman–Crippen LogP) is 2.12. The van der Waals surface area contributed by atoms with Crippen LogP contribution in [0.4, 0.5) is 0 Å². The Bertz CT molecular complexity index is 857. The predicted molar refractivity (Wildman–Crippen MR) is 109 cm³/mol. The van der Waals surface area contributed by atoms with Crippen molar-refractivity contribution < 1.29 is 14.3 Å². The lowest BCUT2D eigenvalue weighted by Gasteiger charge is -2.34. The zero-order chi connectivity index (χ0) is 20.3. The van der Waals surface area contributed by atoms with E-state index in [-0.39, 0.29) is 11.8 Å². The Labute approximate surface area is 169 Å². The number of aromatic nitrogens is 1. The van der Waals surface area contributed by atoms with Gasteiger partial charge in [-0.25, -0.2) is 4.98 Å². The van der Waals surface area contributed by atoms with E-state index >= 15 is 0 Å². The molecule has 1 saturated heterocycles. The SMILES string of the molecule is COc1cccc(C(=O)N2CCN(Cc3nc(C)c(C(=O)N(C)C)s3)CC2)c1. The number of rotatable bonds is 5. The van der Waals surface area contributed by atoms with E-state index < -0.39 is 0 Å². The number of amides is 2. The van der Waals surface area contributed by atoms with E-state index in [9.17, 15) is 9.59 Å². The fraction of sp³-hybridized carbons (Fsp3) is 0.450. The molecule has 2 aromatic rings. The van der Waals surface area contributed by atoms with Crippen LogP contribution in [-0.2, 0) is 6.54 Å². The summed E-state index contributed by atoms with van der Waals surface area (Å²) in [6.07, 6.45) is 0. The molecule has 7 nitrogen and oxygen atoms in total. The molecule has 0 unspecified atom stereocenters. The van der Waals surface area contributed by atoms with Gasteiger partial charge in [-0.05, 0) is 25.1 Å². The van der Waals surface area contributed by atoms with Gasteiger partial charge in [0.05, 0.1) is 19.3 Å². The number of carbonyl (C=O) groups is 2. The quantitative estimate of drug-likeness (QED) is 0.767. The summed E-state index contributed by atoms with van der Waals surface area (Å²) < 4.78 is 5.21. The summed E-state index contributed by atoms with van der Waals surface area (Å²) in [5.74, 6) is 0.712. The van der Waals surface area contributed by atoms with Crippen LogP contribution in [0, 0.1) is 6.92 Å². The number of hydrogen-bond donors (Lipinski definition) is 0. The van der Waals surface area contributed by atoms with Gasteiger partial charge in [-0.2, -0.15) is 0 Å². The number of aryl methyl sites for hydroxylation is 1. The third-order valence-corrected chi connectivity index (χ3v) is 5.91. The minimum atomic E-state index is -0.00467. The van der Waals surface area contributed by atoms with Crippen molar-refractivity contribution in [1.82, 2.24) is 19.7 Å². The van der Waals surface area contributed by atoms with Crippen molar-refractivity contribution in [3.05, 3.63) is 45.4 Å². The van der Waals surface area contributed by atoms with Gasteiger partial charge in [0.15, 0.2) is 0 Å². The van der Waals surface area contributed by atoms with Crippen LogP contribution in [0.5, 0.6) is 5.75 Å². The second-order valence-electron chi connectivity index (χ2n) is 7.02. The fourth-order valence-electron chi connectivity index (χ4n) is 3.16. The van der Waals surface area contributed by atoms with Crippen molar-refractivity contribution in [2.75, 3.05) is 47.4 Å². The number of benzene rings is 1. The summed E-state index contributed by atoms with van der Waals surface area (Å²) in [5, 5.41) is 0.940. The Morgan fingerprint density at radius 3 is 2.57 bits per heavy atom. The average Bonchev–Trinajstić information content (AvgIpc) is 3.07. The zero-order valence-electron chi connectivity index (χ0n) is 16.8. The third kappa shape index (κ3) is 4.51. The molecule has 1 aromatic heterocycles. The molecule has 8 heteroatoms. The van der Waals surface area contributed by atoms with Gasteiger partial charge in [-0.1, -0.05) is 6.07 Å². The maximum atomic E-state index is 12.7. The number of hydrogen-bond acceptors (Lipinski definition) is 6. The van der Waals surface area contributed by atoms with Crippen molar-refractivity contribution in [2.45, 2.75) is 13.5 Å². The number of nitrogens with zero attached hydrogens (tertiary/aromatic N) is 4. The van der Waals surface area contributed by atoms with Crippen LogP contribution < -0.4 is 4.74 Å². The third-order valence-electron chi connectivity index (χ3n) is 4.78. The fourth-order valence-corrected chi connectivity index (χ4v) is 4.29. The van der Waals surface area contributed by atoms with Crippen molar-refractivity contribution in [3.8, 4) is 5.75 Å². The number of piperazine rings is 1. The van der Waals surface area contributed by atoms with Gasteiger partial charge in [-0.3, -0.25) is 14.5 Å². The maximum Gasteiger partial charge on any atom is 0.265 e. The standard InChI is InChI=1S/C20H26N4O3S/c1-14-18(20(26)22(2)3)28-17(21-14)13-23-8-10-24(11-9-23)19(25)15-6-5-7-16(12-15)27-4/h5-7,12H,8-11,13H2,1-4H3. The highest BCUT2D eigenvalue weighted by atomic mass is 32.1. The first-order chi connectivity index (χ1) is 13.4. The first-order valence-corrected chi connectivity index (χ1v) is 10.0. The van der Waals surface area contributed by atoms with E-state index in [0.717, 1.165) is 23.8 Å². The van der Waals surface area contributed by atoms with E-state index in [4.69, 9.17) is 4.74 Å². The number of methoxy groups -OCH3 is 1. The number of thiazole rings is 1. The zero-order valence-corrected chi connectivity index (χ0v) is 17.6. The average molecular weight is 403 g/mol. The van der Waals surface area contributed by atoms with E-state index in [1.54, 1.807) is 32.2 Å². The van der Waals surface area contributed by atoms with Crippen molar-refractivity contribution in [1.29, 1.82) is 0 Å². The summed E-state index contributed by atoms with van der Waals surface area (Å²) in [5.41, 5.74) is 1.43. The molecular weight excluding hydrogens is 376 g/mol. The molecule has 1 aliphatic rings. The molecule has 0 aliphatic carbocycles. The molecule has 0 N–H and O–H groups in total. The molecule has 3 rings (SSSR count). The van der Waals surface area contributed by atoms with Crippen molar-refractivity contribution >= 4 is 23.2 Å². The van der Waals surface area contributed by atoms with Crippen LogP contribution in [0.3, 0.4) is 0 Å². The lowest BCUT2D eigenvalue weighted by Crippen LogP contribution is -2.48. The smallest absolute Gasteiger partial charge is 0.265 e. The molecule has 0 bridgehead atoms. The Kier molecular flexibility index (Phi) is 6.31. The van der Waals surface area contributed by atoms with Gasteiger partial charge >= 0.3 is 0 Å². The molecule has 1 aromatic carbocycles. The molecular formula is C20H26N4O3S. The molecule has 150 valence electrons. The van der Waals surface area contributed by atoms with Gasteiger partial charge < -0.3 is 14.5 Å². The highest BCUT2D eigenvalue weighted by Crippen LogP contribution is 2.22. The van der Waals surface area contributed by atoms with Gasteiger partial charge in [0.1, 0.15) is 15.6 Å². The van der Waals surface area contributed by atoms with Crippen LogP contribution in [-0.4, -0.2) is 78.9 Å². The van der Waals surface area contributed by atoms with Crippen LogP contribution in [0.15, 0.2) is 24.3 Å². The van der Waals surface area contributed by atoms with Crippen molar-refractivity contribution in [2.24, 2.45) is 0 Å². The van der Waals surface area contributed by atoms with Gasteiger partial charge in [-0.15, -0.1) is 11.3 Å². The van der Waals surface area contributed by atoms with E-state index in [2.05, 4.69) is 9.88 Å². The monoisotopic (exact) mass is 402 g/mol. The molecule has 1 aliphatic heterocycles. The van der Waals surface area contributed by atoms with Gasteiger partial charge in [0, 0.05) is 45.8 Å². The van der Waals surface area contributed by atoms with E-state index in [1.807, 2.05) is 30.0 Å². The van der Waals surface area contributed by atoms with Crippen LogP contribution in [0.2, 0.25) is 0 Å². The minimum Gasteiger partial charge on any atom is -0.497 e. The molecule has 2 amide bonds. The topological polar surface area (TPSA) is 66.0 Å². The first-order valence-electron chi connectivity index (χ1n) is 9.22. The summed E-state index contributed by atoms with van der Waals surface area (Å²) in [6, 6.07) is 7.26. The highest BCUT2D eigenvalue weighted by molar-refractivity contribution is 7.13. The maximum absolute atomic E-state index is 12.7. The lowest BCUT2D eigenvalue weighted by molar-refractivity contribution is 0.0628. The first kappa shape index (κ1) is 20.3. The molecule has 0 spiro atoms. The minimum absolute atomic E-state index is 0.00467. The summed E-state index contributed by atoms with van der Waals surface area (Å²) >= 11 is 1.46. The van der Waals surface area contributed by atoms with Crippen LogP contribution in [0.1, 0.15) is 30.7 Å². The normalized spacial score (nSPS) is 14.8. The molecule has 0 atom stereocenters. The second kappa shape index (κ2) is 8.70.